The molecule has 1 amide bonds. The first-order valence-corrected chi connectivity index (χ1v) is 5.03. The van der Waals surface area contributed by atoms with Gasteiger partial charge in [0, 0.05) is 5.56 Å². The van der Waals surface area contributed by atoms with Crippen LogP contribution in [0.25, 0.3) is 0 Å². The van der Waals surface area contributed by atoms with Crippen LogP contribution in [0, 0.1) is 12.3 Å². The smallest absolute Gasteiger partial charge is 0.252 e. The van der Waals surface area contributed by atoms with Gasteiger partial charge in [0.15, 0.2) is 0 Å². The topological polar surface area (TPSA) is 38.3 Å². The predicted octanol–water partition coefficient (Wildman–Crippen LogP) is 1.82. The van der Waals surface area contributed by atoms with Gasteiger partial charge in [-0.15, -0.1) is 6.42 Å². The Hall–Kier alpha value is -1.47. The molecule has 0 aromatic heterocycles. The number of halogens is 1. The number of carbonyl (C=O) groups is 1. The van der Waals surface area contributed by atoms with Crippen LogP contribution < -0.4 is 10.1 Å². The SMILES string of the molecule is C#CCNC(=O)c1ccc(OC)c(Br)c1. The Kier molecular flexibility index (Phi) is 4.19. The highest BCUT2D eigenvalue weighted by molar-refractivity contribution is 9.10. The zero-order chi connectivity index (χ0) is 11.3. The molecule has 15 heavy (non-hydrogen) atoms. The van der Waals surface area contributed by atoms with E-state index < -0.39 is 0 Å². The summed E-state index contributed by atoms with van der Waals surface area (Å²) in [5.74, 6) is 2.82. The second kappa shape index (κ2) is 5.42. The molecule has 0 heterocycles. The van der Waals surface area contributed by atoms with Gasteiger partial charge in [-0.1, -0.05) is 5.92 Å². The molecule has 1 aromatic rings. The molecule has 0 radical (unpaired) electrons. The van der Waals surface area contributed by atoms with Crippen LogP contribution in [0.4, 0.5) is 0 Å². The minimum Gasteiger partial charge on any atom is -0.496 e. The Morgan fingerprint density at radius 3 is 2.93 bits per heavy atom. The van der Waals surface area contributed by atoms with E-state index in [0.29, 0.717) is 11.3 Å². The Morgan fingerprint density at radius 1 is 1.67 bits per heavy atom. The third-order valence-electron chi connectivity index (χ3n) is 1.76. The molecule has 0 saturated carbocycles. The molecule has 0 aliphatic carbocycles. The average molecular weight is 268 g/mol. The van der Waals surface area contributed by atoms with E-state index in [2.05, 4.69) is 27.2 Å². The van der Waals surface area contributed by atoms with Gasteiger partial charge < -0.3 is 10.1 Å². The lowest BCUT2D eigenvalue weighted by molar-refractivity contribution is 0.0958. The number of hydrogen-bond donors (Lipinski definition) is 1. The molecule has 0 saturated heterocycles. The lowest BCUT2D eigenvalue weighted by Gasteiger charge is -2.05. The molecule has 78 valence electrons. The average Bonchev–Trinajstić information content (AvgIpc) is 2.25. The Balaban J connectivity index is 2.84. The molecule has 0 atom stereocenters. The molecule has 1 N–H and O–H groups in total. The summed E-state index contributed by atoms with van der Waals surface area (Å²) < 4.78 is 5.78. The Morgan fingerprint density at radius 2 is 2.40 bits per heavy atom. The first kappa shape index (κ1) is 11.6. The van der Waals surface area contributed by atoms with E-state index in [4.69, 9.17) is 11.2 Å². The highest BCUT2D eigenvalue weighted by Crippen LogP contribution is 2.25. The molecule has 0 fully saturated rings. The second-order valence-corrected chi connectivity index (χ2v) is 3.59. The monoisotopic (exact) mass is 267 g/mol. The largest absolute Gasteiger partial charge is 0.496 e. The third-order valence-corrected chi connectivity index (χ3v) is 2.38. The highest BCUT2D eigenvalue weighted by Gasteiger charge is 2.07. The van der Waals surface area contributed by atoms with Gasteiger partial charge in [0.25, 0.3) is 5.91 Å². The standard InChI is InChI=1S/C11H10BrNO2/c1-3-6-13-11(14)8-4-5-10(15-2)9(12)7-8/h1,4-5,7H,6H2,2H3,(H,13,14). The van der Waals surface area contributed by atoms with E-state index >= 15 is 0 Å². The van der Waals surface area contributed by atoms with E-state index in [1.165, 1.54) is 0 Å². The summed E-state index contributed by atoms with van der Waals surface area (Å²) in [6, 6.07) is 5.08. The summed E-state index contributed by atoms with van der Waals surface area (Å²) in [6.45, 7) is 0.225. The fourth-order valence-corrected chi connectivity index (χ4v) is 1.58. The number of nitrogens with one attached hydrogen (secondary N) is 1. The number of amides is 1. The number of methoxy groups -OCH3 is 1. The quantitative estimate of drug-likeness (QED) is 0.849. The molecule has 0 spiro atoms. The Bertz CT molecular complexity index is 410. The van der Waals surface area contributed by atoms with Gasteiger partial charge >= 0.3 is 0 Å². The van der Waals surface area contributed by atoms with Crippen molar-refractivity contribution in [3.05, 3.63) is 28.2 Å². The third kappa shape index (κ3) is 3.00. The molecule has 0 aliphatic rings. The summed E-state index contributed by atoms with van der Waals surface area (Å²) in [4.78, 5) is 11.5. The predicted molar refractivity (Wildman–Crippen MR) is 61.9 cm³/mol. The summed E-state index contributed by atoms with van der Waals surface area (Å²) in [5.41, 5.74) is 0.540. The van der Waals surface area contributed by atoms with Gasteiger partial charge in [0.05, 0.1) is 18.1 Å². The summed E-state index contributed by atoms with van der Waals surface area (Å²) in [5, 5.41) is 2.58. The van der Waals surface area contributed by atoms with Crippen LogP contribution in [0.3, 0.4) is 0 Å². The summed E-state index contributed by atoms with van der Waals surface area (Å²) in [6.07, 6.45) is 5.04. The molecule has 1 rings (SSSR count). The number of hydrogen-bond acceptors (Lipinski definition) is 2. The van der Waals surface area contributed by atoms with Gasteiger partial charge in [-0.2, -0.15) is 0 Å². The minimum absolute atomic E-state index is 0.198. The van der Waals surface area contributed by atoms with Crippen LogP contribution in [0.2, 0.25) is 0 Å². The van der Waals surface area contributed by atoms with Crippen molar-refractivity contribution in [1.82, 2.24) is 5.32 Å². The maximum absolute atomic E-state index is 11.5. The van der Waals surface area contributed by atoms with E-state index in [1.807, 2.05) is 0 Å². The van der Waals surface area contributed by atoms with Crippen molar-refractivity contribution in [3.8, 4) is 18.1 Å². The van der Waals surface area contributed by atoms with Crippen molar-refractivity contribution in [2.75, 3.05) is 13.7 Å². The van der Waals surface area contributed by atoms with Gasteiger partial charge in [-0.3, -0.25) is 4.79 Å². The molecular formula is C11H10BrNO2. The van der Waals surface area contributed by atoms with Gasteiger partial charge in [-0.25, -0.2) is 0 Å². The van der Waals surface area contributed by atoms with Gasteiger partial charge in [-0.05, 0) is 34.1 Å². The second-order valence-electron chi connectivity index (χ2n) is 2.74. The van der Waals surface area contributed by atoms with Gasteiger partial charge in [0.2, 0.25) is 0 Å². The van der Waals surface area contributed by atoms with Crippen LogP contribution in [0.5, 0.6) is 5.75 Å². The number of rotatable bonds is 3. The number of carbonyl (C=O) groups excluding carboxylic acids is 1. The molecule has 0 bridgehead atoms. The van der Waals surface area contributed by atoms with Crippen LogP contribution in [-0.2, 0) is 0 Å². The maximum Gasteiger partial charge on any atom is 0.252 e. The highest BCUT2D eigenvalue weighted by atomic mass is 79.9. The molecule has 3 nitrogen and oxygen atoms in total. The van der Waals surface area contributed by atoms with E-state index in [1.54, 1.807) is 25.3 Å². The number of ether oxygens (including phenoxy) is 1. The molecule has 4 heteroatoms. The minimum atomic E-state index is -0.198. The van der Waals surface area contributed by atoms with Crippen molar-refractivity contribution in [2.24, 2.45) is 0 Å². The van der Waals surface area contributed by atoms with Crippen molar-refractivity contribution in [2.45, 2.75) is 0 Å². The Labute approximate surface area is 96.9 Å². The molecule has 1 aromatic carbocycles. The number of terminal acetylenes is 1. The lowest BCUT2D eigenvalue weighted by atomic mass is 10.2. The van der Waals surface area contributed by atoms with Crippen molar-refractivity contribution >= 4 is 21.8 Å². The van der Waals surface area contributed by atoms with Crippen molar-refractivity contribution in [3.63, 3.8) is 0 Å². The van der Waals surface area contributed by atoms with Crippen molar-refractivity contribution < 1.29 is 9.53 Å². The van der Waals surface area contributed by atoms with Crippen LogP contribution in [0.15, 0.2) is 22.7 Å². The lowest BCUT2D eigenvalue weighted by Crippen LogP contribution is -2.23. The van der Waals surface area contributed by atoms with E-state index in [9.17, 15) is 4.79 Å². The van der Waals surface area contributed by atoms with Crippen LogP contribution in [0.1, 0.15) is 10.4 Å². The first-order valence-electron chi connectivity index (χ1n) is 4.24. The molecular weight excluding hydrogens is 258 g/mol. The van der Waals surface area contributed by atoms with E-state index in [-0.39, 0.29) is 12.5 Å². The van der Waals surface area contributed by atoms with Crippen LogP contribution in [-0.4, -0.2) is 19.6 Å². The summed E-state index contributed by atoms with van der Waals surface area (Å²) >= 11 is 3.30. The fraction of sp³-hybridized carbons (Fsp3) is 0.182. The van der Waals surface area contributed by atoms with Gasteiger partial charge in [0.1, 0.15) is 5.75 Å². The zero-order valence-corrected chi connectivity index (χ0v) is 9.80. The maximum atomic E-state index is 11.5. The zero-order valence-electron chi connectivity index (χ0n) is 8.21. The normalized spacial score (nSPS) is 9.13. The summed E-state index contributed by atoms with van der Waals surface area (Å²) in [7, 11) is 1.57. The van der Waals surface area contributed by atoms with Crippen LogP contribution >= 0.6 is 15.9 Å². The van der Waals surface area contributed by atoms with E-state index in [0.717, 1.165) is 4.47 Å². The fourth-order valence-electron chi connectivity index (χ4n) is 1.04. The molecule has 0 aliphatic heterocycles. The first-order chi connectivity index (χ1) is 7.19. The van der Waals surface area contributed by atoms with Crippen molar-refractivity contribution in [1.29, 1.82) is 0 Å². The number of benzene rings is 1. The molecule has 0 unspecified atom stereocenters.